The van der Waals surface area contributed by atoms with E-state index in [0.29, 0.717) is 27.7 Å². The van der Waals surface area contributed by atoms with Gasteiger partial charge in [-0.3, -0.25) is 0 Å². The van der Waals surface area contributed by atoms with Crippen LogP contribution in [0, 0.1) is 13.8 Å². The Morgan fingerprint density at radius 1 is 1.14 bits per heavy atom. The standard InChI is InChI=1S/C18H16O4/c1-11-12(2)16(19)14-8-9-21-17(14)15(11)18(20)22-10-13-6-4-3-5-7-13/h3-9,19H,10H2,1-2H3. The Morgan fingerprint density at radius 3 is 2.59 bits per heavy atom. The maximum absolute atomic E-state index is 12.5. The van der Waals surface area contributed by atoms with Crippen molar-refractivity contribution in [1.29, 1.82) is 0 Å². The molecule has 3 rings (SSSR count). The molecule has 0 saturated carbocycles. The summed E-state index contributed by atoms with van der Waals surface area (Å²) in [5.74, 6) is -0.315. The summed E-state index contributed by atoms with van der Waals surface area (Å²) in [6, 6.07) is 11.1. The summed E-state index contributed by atoms with van der Waals surface area (Å²) in [5.41, 5.74) is 2.96. The molecule has 1 aromatic heterocycles. The van der Waals surface area contributed by atoms with Gasteiger partial charge in [0.05, 0.1) is 11.6 Å². The van der Waals surface area contributed by atoms with Crippen LogP contribution in [-0.2, 0) is 11.3 Å². The summed E-state index contributed by atoms with van der Waals surface area (Å²) in [6.07, 6.45) is 1.46. The minimum atomic E-state index is -0.454. The molecule has 4 nitrogen and oxygen atoms in total. The first-order valence-corrected chi connectivity index (χ1v) is 7.00. The van der Waals surface area contributed by atoms with Crippen molar-refractivity contribution >= 4 is 16.9 Å². The number of hydrogen-bond acceptors (Lipinski definition) is 4. The molecule has 0 radical (unpaired) electrons. The molecule has 0 aliphatic rings. The van der Waals surface area contributed by atoms with Gasteiger partial charge in [0.2, 0.25) is 0 Å². The number of carbonyl (C=O) groups is 1. The van der Waals surface area contributed by atoms with Crippen LogP contribution in [0.2, 0.25) is 0 Å². The number of fused-ring (bicyclic) bond motifs is 1. The quantitative estimate of drug-likeness (QED) is 0.739. The molecule has 4 heteroatoms. The molecule has 22 heavy (non-hydrogen) atoms. The minimum Gasteiger partial charge on any atom is -0.507 e. The Balaban J connectivity index is 1.96. The molecule has 1 heterocycles. The maximum Gasteiger partial charge on any atom is 0.342 e. The Morgan fingerprint density at radius 2 is 1.86 bits per heavy atom. The summed E-state index contributed by atoms with van der Waals surface area (Å²) in [7, 11) is 0. The first-order valence-electron chi connectivity index (χ1n) is 7.00. The van der Waals surface area contributed by atoms with Crippen molar-refractivity contribution < 1.29 is 19.1 Å². The lowest BCUT2D eigenvalue weighted by atomic mass is 9.99. The molecule has 0 fully saturated rings. The highest BCUT2D eigenvalue weighted by Crippen LogP contribution is 2.35. The van der Waals surface area contributed by atoms with E-state index in [1.54, 1.807) is 19.9 Å². The molecule has 0 saturated heterocycles. The van der Waals surface area contributed by atoms with Gasteiger partial charge in [-0.2, -0.15) is 0 Å². The Bertz CT molecular complexity index is 831. The number of esters is 1. The number of rotatable bonds is 3. The fourth-order valence-corrected chi connectivity index (χ4v) is 2.47. The second-order valence-electron chi connectivity index (χ2n) is 5.20. The Hall–Kier alpha value is -2.75. The van der Waals surface area contributed by atoms with E-state index in [1.165, 1.54) is 6.26 Å². The first-order chi connectivity index (χ1) is 10.6. The number of hydrogen-bond donors (Lipinski definition) is 1. The molecule has 0 unspecified atom stereocenters. The SMILES string of the molecule is Cc1c(C)c(C(=O)OCc2ccccc2)c2occc2c1O. The molecular weight excluding hydrogens is 280 g/mol. The molecule has 1 N–H and O–H groups in total. The highest BCUT2D eigenvalue weighted by Gasteiger charge is 2.22. The van der Waals surface area contributed by atoms with Crippen molar-refractivity contribution in [3.05, 3.63) is 64.9 Å². The van der Waals surface area contributed by atoms with Crippen LogP contribution in [0.25, 0.3) is 11.0 Å². The summed E-state index contributed by atoms with van der Waals surface area (Å²) in [6.45, 7) is 3.74. The van der Waals surface area contributed by atoms with Crippen molar-refractivity contribution in [3.63, 3.8) is 0 Å². The van der Waals surface area contributed by atoms with E-state index in [9.17, 15) is 9.90 Å². The lowest BCUT2D eigenvalue weighted by Gasteiger charge is -2.11. The van der Waals surface area contributed by atoms with E-state index in [0.717, 1.165) is 5.56 Å². The van der Waals surface area contributed by atoms with Gasteiger partial charge in [-0.15, -0.1) is 0 Å². The van der Waals surface area contributed by atoms with Crippen LogP contribution in [0.4, 0.5) is 0 Å². The molecule has 3 aromatic rings. The van der Waals surface area contributed by atoms with Gasteiger partial charge in [-0.1, -0.05) is 30.3 Å². The molecule has 0 aliphatic carbocycles. The molecule has 2 aromatic carbocycles. The normalized spacial score (nSPS) is 10.8. The summed E-state index contributed by atoms with van der Waals surface area (Å²) in [4.78, 5) is 12.5. The number of aromatic hydroxyl groups is 1. The van der Waals surface area contributed by atoms with Crippen LogP contribution in [0.1, 0.15) is 27.0 Å². The predicted octanol–water partition coefficient (Wildman–Crippen LogP) is 4.11. The van der Waals surface area contributed by atoms with Gasteiger partial charge < -0.3 is 14.3 Å². The van der Waals surface area contributed by atoms with Crippen molar-refractivity contribution in [1.82, 2.24) is 0 Å². The first kappa shape index (κ1) is 14.2. The van der Waals surface area contributed by atoms with Crippen molar-refractivity contribution in [2.24, 2.45) is 0 Å². The average Bonchev–Trinajstić information content (AvgIpc) is 3.01. The smallest absolute Gasteiger partial charge is 0.342 e. The maximum atomic E-state index is 12.5. The highest BCUT2D eigenvalue weighted by molar-refractivity contribution is 6.06. The minimum absolute atomic E-state index is 0.140. The van der Waals surface area contributed by atoms with E-state index in [2.05, 4.69) is 0 Å². The molecule has 0 bridgehead atoms. The fraction of sp³-hybridized carbons (Fsp3) is 0.167. The number of phenols is 1. The van der Waals surface area contributed by atoms with E-state index in [1.807, 2.05) is 30.3 Å². The summed E-state index contributed by atoms with van der Waals surface area (Å²) in [5, 5.41) is 10.7. The number of carbonyl (C=O) groups excluding carboxylic acids is 1. The van der Waals surface area contributed by atoms with Gasteiger partial charge in [0.1, 0.15) is 17.9 Å². The average molecular weight is 296 g/mol. The van der Waals surface area contributed by atoms with E-state index in [-0.39, 0.29) is 12.4 Å². The molecule has 112 valence electrons. The molecule has 0 aliphatic heterocycles. The molecule has 0 spiro atoms. The second kappa shape index (κ2) is 5.56. The van der Waals surface area contributed by atoms with Crippen LogP contribution in [0.15, 0.2) is 47.1 Å². The predicted molar refractivity (Wildman–Crippen MR) is 82.9 cm³/mol. The third-order valence-corrected chi connectivity index (χ3v) is 3.86. The topological polar surface area (TPSA) is 59.7 Å². The number of furan rings is 1. The number of phenolic OH excluding ortho intramolecular Hbond substituents is 1. The third-order valence-electron chi connectivity index (χ3n) is 3.86. The van der Waals surface area contributed by atoms with Crippen LogP contribution in [0.3, 0.4) is 0 Å². The molecule has 0 amide bonds. The van der Waals surface area contributed by atoms with Crippen LogP contribution in [-0.4, -0.2) is 11.1 Å². The van der Waals surface area contributed by atoms with E-state index in [4.69, 9.17) is 9.15 Å². The number of ether oxygens (including phenoxy) is 1. The van der Waals surface area contributed by atoms with Crippen molar-refractivity contribution in [3.8, 4) is 5.75 Å². The highest BCUT2D eigenvalue weighted by atomic mass is 16.5. The lowest BCUT2D eigenvalue weighted by Crippen LogP contribution is -2.08. The zero-order chi connectivity index (χ0) is 15.7. The van der Waals surface area contributed by atoms with Crippen molar-refractivity contribution in [2.45, 2.75) is 20.5 Å². The lowest BCUT2D eigenvalue weighted by molar-refractivity contribution is 0.0473. The number of benzene rings is 2. The zero-order valence-corrected chi connectivity index (χ0v) is 12.4. The van der Waals surface area contributed by atoms with Crippen LogP contribution >= 0.6 is 0 Å². The third kappa shape index (κ3) is 2.33. The van der Waals surface area contributed by atoms with Gasteiger partial charge in [-0.25, -0.2) is 4.79 Å². The Labute approximate surface area is 127 Å². The van der Waals surface area contributed by atoms with Crippen LogP contribution in [0.5, 0.6) is 5.75 Å². The van der Waals surface area contributed by atoms with Gasteiger partial charge in [-0.05, 0) is 36.6 Å². The summed E-state index contributed by atoms with van der Waals surface area (Å²) >= 11 is 0. The zero-order valence-electron chi connectivity index (χ0n) is 12.4. The van der Waals surface area contributed by atoms with E-state index >= 15 is 0 Å². The van der Waals surface area contributed by atoms with Crippen LogP contribution < -0.4 is 0 Å². The Kier molecular flexibility index (Phi) is 3.59. The van der Waals surface area contributed by atoms with Gasteiger partial charge in [0.15, 0.2) is 5.58 Å². The van der Waals surface area contributed by atoms with Gasteiger partial charge in [0.25, 0.3) is 0 Å². The summed E-state index contributed by atoms with van der Waals surface area (Å²) < 4.78 is 10.8. The monoisotopic (exact) mass is 296 g/mol. The fourth-order valence-electron chi connectivity index (χ4n) is 2.47. The second-order valence-corrected chi connectivity index (χ2v) is 5.20. The van der Waals surface area contributed by atoms with Gasteiger partial charge >= 0.3 is 5.97 Å². The van der Waals surface area contributed by atoms with Gasteiger partial charge in [0, 0.05) is 0 Å². The van der Waals surface area contributed by atoms with Crippen molar-refractivity contribution in [2.75, 3.05) is 0 Å². The largest absolute Gasteiger partial charge is 0.507 e. The molecule has 0 atom stereocenters. The van der Waals surface area contributed by atoms with E-state index < -0.39 is 5.97 Å². The molecular formula is C18H16O4.